The summed E-state index contributed by atoms with van der Waals surface area (Å²) >= 11 is 0. The van der Waals surface area contributed by atoms with Crippen LogP contribution in [0.2, 0.25) is 0 Å². The molecular formula is C5H8N2. The molecular weight excluding hydrogens is 88.1 g/mol. The second kappa shape index (κ2) is 1.87. The van der Waals surface area contributed by atoms with Crippen molar-refractivity contribution in [2.24, 2.45) is 10.2 Å². The molecule has 0 saturated heterocycles. The average Bonchev–Trinajstić information content (AvgIpc) is 1.69. The van der Waals surface area contributed by atoms with Gasteiger partial charge in [0.1, 0.15) is 0 Å². The van der Waals surface area contributed by atoms with E-state index in [2.05, 4.69) is 17.2 Å². The molecule has 0 saturated carbocycles. The summed E-state index contributed by atoms with van der Waals surface area (Å²) < 4.78 is 0. The van der Waals surface area contributed by atoms with Gasteiger partial charge in [-0.25, -0.2) is 0 Å². The van der Waals surface area contributed by atoms with Crippen LogP contribution < -0.4 is 0 Å². The van der Waals surface area contributed by atoms with Gasteiger partial charge in [-0.15, -0.1) is 0 Å². The first-order valence-electron chi connectivity index (χ1n) is 2.42. The third-order valence-corrected chi connectivity index (χ3v) is 0.966. The van der Waals surface area contributed by atoms with Gasteiger partial charge in [-0.1, -0.05) is 5.57 Å². The summed E-state index contributed by atoms with van der Waals surface area (Å²) in [6.07, 6.45) is 2.90. The second-order valence-electron chi connectivity index (χ2n) is 1.71. The van der Waals surface area contributed by atoms with Crippen LogP contribution >= 0.6 is 0 Å². The van der Waals surface area contributed by atoms with E-state index in [-0.39, 0.29) is 0 Å². The summed E-state index contributed by atoms with van der Waals surface area (Å²) in [7, 11) is 0. The Balaban J connectivity index is 2.57. The van der Waals surface area contributed by atoms with Crippen LogP contribution in [0.25, 0.3) is 0 Å². The lowest BCUT2D eigenvalue weighted by atomic mass is 10.2. The van der Waals surface area contributed by atoms with E-state index in [1.54, 1.807) is 0 Å². The van der Waals surface area contributed by atoms with Gasteiger partial charge in [0.15, 0.2) is 0 Å². The van der Waals surface area contributed by atoms with Crippen molar-refractivity contribution in [1.29, 1.82) is 0 Å². The summed E-state index contributed by atoms with van der Waals surface area (Å²) in [5, 5.41) is 7.50. The Hall–Kier alpha value is -0.660. The largest absolute Gasteiger partial charge is 0.189 e. The monoisotopic (exact) mass is 96.1 g/mol. The molecule has 0 fully saturated rings. The van der Waals surface area contributed by atoms with E-state index in [1.807, 2.05) is 6.20 Å². The third kappa shape index (κ3) is 1.11. The molecule has 0 aromatic rings. The van der Waals surface area contributed by atoms with Crippen molar-refractivity contribution in [3.63, 3.8) is 0 Å². The highest BCUT2D eigenvalue weighted by molar-refractivity contribution is 4.98. The van der Waals surface area contributed by atoms with E-state index in [9.17, 15) is 0 Å². The van der Waals surface area contributed by atoms with Crippen molar-refractivity contribution in [3.05, 3.63) is 11.8 Å². The van der Waals surface area contributed by atoms with E-state index in [4.69, 9.17) is 0 Å². The maximum atomic E-state index is 3.78. The van der Waals surface area contributed by atoms with Gasteiger partial charge in [0.05, 0.1) is 6.54 Å². The quantitative estimate of drug-likeness (QED) is 0.439. The maximum absolute atomic E-state index is 3.78. The molecule has 7 heavy (non-hydrogen) atoms. The van der Waals surface area contributed by atoms with Crippen LogP contribution in [0.4, 0.5) is 0 Å². The zero-order valence-corrected chi connectivity index (χ0v) is 4.39. The Bertz CT molecular complexity index is 113. The predicted molar refractivity (Wildman–Crippen MR) is 28.1 cm³/mol. The lowest BCUT2D eigenvalue weighted by Gasteiger charge is -1.97. The summed E-state index contributed by atoms with van der Waals surface area (Å²) in [6, 6.07) is 0. The highest BCUT2D eigenvalue weighted by Gasteiger charge is 1.90. The SMILES string of the molecule is CC1=CN=NCC1. The number of nitrogens with zero attached hydrogens (tertiary/aromatic N) is 2. The molecule has 0 atom stereocenters. The van der Waals surface area contributed by atoms with E-state index in [0.717, 1.165) is 13.0 Å². The van der Waals surface area contributed by atoms with Crippen LogP contribution in [0, 0.1) is 0 Å². The Morgan fingerprint density at radius 1 is 1.71 bits per heavy atom. The van der Waals surface area contributed by atoms with Gasteiger partial charge in [0, 0.05) is 6.20 Å². The van der Waals surface area contributed by atoms with E-state index >= 15 is 0 Å². The first-order valence-corrected chi connectivity index (χ1v) is 2.42. The van der Waals surface area contributed by atoms with Crippen molar-refractivity contribution >= 4 is 0 Å². The maximum Gasteiger partial charge on any atom is 0.0640 e. The topological polar surface area (TPSA) is 24.7 Å². The molecule has 0 aliphatic carbocycles. The fourth-order valence-electron chi connectivity index (χ4n) is 0.488. The van der Waals surface area contributed by atoms with Crippen molar-refractivity contribution in [1.82, 2.24) is 0 Å². The van der Waals surface area contributed by atoms with Crippen molar-refractivity contribution in [2.75, 3.05) is 6.54 Å². The van der Waals surface area contributed by atoms with Crippen molar-refractivity contribution in [3.8, 4) is 0 Å². The molecule has 0 spiro atoms. The summed E-state index contributed by atoms with van der Waals surface area (Å²) in [6.45, 7) is 2.94. The second-order valence-corrected chi connectivity index (χ2v) is 1.71. The molecule has 0 unspecified atom stereocenters. The van der Waals surface area contributed by atoms with Crippen LogP contribution in [0.3, 0.4) is 0 Å². The Morgan fingerprint density at radius 3 is 2.86 bits per heavy atom. The van der Waals surface area contributed by atoms with Gasteiger partial charge in [-0.2, -0.15) is 10.2 Å². The number of hydrogen-bond acceptors (Lipinski definition) is 2. The van der Waals surface area contributed by atoms with Crippen molar-refractivity contribution in [2.45, 2.75) is 13.3 Å². The minimum absolute atomic E-state index is 0.877. The molecule has 1 aliphatic heterocycles. The Morgan fingerprint density at radius 2 is 2.57 bits per heavy atom. The van der Waals surface area contributed by atoms with Gasteiger partial charge < -0.3 is 0 Å². The molecule has 0 radical (unpaired) electrons. The van der Waals surface area contributed by atoms with Gasteiger partial charge in [0.2, 0.25) is 0 Å². The van der Waals surface area contributed by atoms with E-state index < -0.39 is 0 Å². The molecule has 1 rings (SSSR count). The average molecular weight is 96.1 g/mol. The Labute approximate surface area is 43.0 Å². The van der Waals surface area contributed by atoms with E-state index in [1.165, 1.54) is 5.57 Å². The molecule has 2 nitrogen and oxygen atoms in total. The number of hydrogen-bond donors (Lipinski definition) is 0. The molecule has 0 bridgehead atoms. The normalized spacial score (nSPS) is 19.3. The fraction of sp³-hybridized carbons (Fsp3) is 0.600. The lowest BCUT2D eigenvalue weighted by Crippen LogP contribution is -1.84. The molecule has 38 valence electrons. The van der Waals surface area contributed by atoms with Gasteiger partial charge in [-0.3, -0.25) is 0 Å². The molecule has 1 heterocycles. The lowest BCUT2D eigenvalue weighted by molar-refractivity contribution is 0.845. The van der Waals surface area contributed by atoms with Crippen LogP contribution in [0.15, 0.2) is 22.0 Å². The number of azo groups is 1. The zero-order valence-electron chi connectivity index (χ0n) is 4.39. The summed E-state index contributed by atoms with van der Waals surface area (Å²) in [5.41, 5.74) is 1.33. The highest BCUT2D eigenvalue weighted by Crippen LogP contribution is 2.04. The summed E-state index contributed by atoms with van der Waals surface area (Å²) in [5.74, 6) is 0. The molecule has 1 aliphatic rings. The summed E-state index contributed by atoms with van der Waals surface area (Å²) in [4.78, 5) is 0. The molecule has 0 amide bonds. The standard InChI is InChI=1S/C5H8N2/c1-5-2-3-6-7-4-5/h4H,2-3H2,1H3. The fourth-order valence-corrected chi connectivity index (χ4v) is 0.488. The smallest absolute Gasteiger partial charge is 0.0640 e. The number of rotatable bonds is 0. The van der Waals surface area contributed by atoms with Crippen LogP contribution in [-0.4, -0.2) is 6.54 Å². The van der Waals surface area contributed by atoms with Crippen LogP contribution in [0.5, 0.6) is 0 Å². The third-order valence-electron chi connectivity index (χ3n) is 0.966. The Kier molecular flexibility index (Phi) is 1.20. The highest BCUT2D eigenvalue weighted by atomic mass is 15.1. The minimum Gasteiger partial charge on any atom is -0.189 e. The molecule has 0 N–H and O–H groups in total. The first-order chi connectivity index (χ1) is 3.39. The molecule has 0 aromatic carbocycles. The predicted octanol–water partition coefficient (Wildman–Crippen LogP) is 1.75. The van der Waals surface area contributed by atoms with Crippen LogP contribution in [0.1, 0.15) is 13.3 Å². The molecule has 0 aromatic heterocycles. The first kappa shape index (κ1) is 4.50. The molecule has 2 heteroatoms. The van der Waals surface area contributed by atoms with Crippen LogP contribution in [-0.2, 0) is 0 Å². The van der Waals surface area contributed by atoms with Gasteiger partial charge >= 0.3 is 0 Å². The van der Waals surface area contributed by atoms with E-state index in [0.29, 0.717) is 0 Å². The zero-order chi connectivity index (χ0) is 5.11. The van der Waals surface area contributed by atoms with Gasteiger partial charge in [-0.05, 0) is 13.3 Å². The van der Waals surface area contributed by atoms with Crippen molar-refractivity contribution < 1.29 is 0 Å². The minimum atomic E-state index is 0.877. The van der Waals surface area contributed by atoms with Gasteiger partial charge in [0.25, 0.3) is 0 Å².